The second kappa shape index (κ2) is 8.41. The third-order valence-corrected chi connectivity index (χ3v) is 3.66. The Morgan fingerprint density at radius 1 is 0.862 bits per heavy atom. The number of alkyl halides is 6. The van der Waals surface area contributed by atoms with Gasteiger partial charge in [-0.25, -0.2) is 0 Å². The highest BCUT2D eigenvalue weighted by Crippen LogP contribution is 2.37. The fourth-order valence-corrected chi connectivity index (χ4v) is 2.22. The Kier molecular flexibility index (Phi) is 6.40. The number of nitrogens with one attached hydrogen (secondary N) is 2. The number of ether oxygens (including phenoxy) is 1. The number of rotatable bonds is 4. The van der Waals surface area contributed by atoms with Crippen LogP contribution in [0.1, 0.15) is 16.7 Å². The standard InChI is InChI=1S/C18H14F6N2O3/c1-29-14-4-2-10(3-5-14)9-25-15(27)16(28)26-13-7-11(17(19,20)21)6-12(8-13)18(22,23)24/h2-8H,9H2,1H3,(H,25,27)(H,26,28). The molecule has 0 aliphatic heterocycles. The average Bonchev–Trinajstić information content (AvgIpc) is 2.64. The molecular formula is C18H14F6N2O3. The highest BCUT2D eigenvalue weighted by atomic mass is 19.4. The van der Waals surface area contributed by atoms with Crippen LogP contribution in [-0.2, 0) is 28.5 Å². The Hall–Kier alpha value is -3.24. The van der Waals surface area contributed by atoms with E-state index in [1.807, 2.05) is 0 Å². The van der Waals surface area contributed by atoms with Crippen molar-refractivity contribution in [3.63, 3.8) is 0 Å². The number of carbonyl (C=O) groups is 2. The van der Waals surface area contributed by atoms with Crippen molar-refractivity contribution in [2.75, 3.05) is 12.4 Å². The highest BCUT2D eigenvalue weighted by Gasteiger charge is 2.37. The predicted molar refractivity (Wildman–Crippen MR) is 89.9 cm³/mol. The van der Waals surface area contributed by atoms with E-state index in [-0.39, 0.29) is 12.6 Å². The molecule has 2 amide bonds. The van der Waals surface area contributed by atoms with Crippen LogP contribution in [0, 0.1) is 0 Å². The Labute approximate surface area is 160 Å². The SMILES string of the molecule is COc1ccc(CNC(=O)C(=O)Nc2cc(C(F)(F)F)cc(C(F)(F)F)c2)cc1. The Morgan fingerprint density at radius 2 is 1.38 bits per heavy atom. The molecule has 2 aromatic carbocycles. The van der Waals surface area contributed by atoms with Gasteiger partial charge in [-0.1, -0.05) is 12.1 Å². The van der Waals surface area contributed by atoms with E-state index in [1.165, 1.54) is 7.11 Å². The number of anilines is 1. The topological polar surface area (TPSA) is 67.4 Å². The third kappa shape index (κ3) is 6.13. The summed E-state index contributed by atoms with van der Waals surface area (Å²) < 4.78 is 81.9. The zero-order valence-corrected chi connectivity index (χ0v) is 14.7. The maximum absolute atomic E-state index is 12.8. The number of amides is 2. The minimum atomic E-state index is -5.07. The minimum absolute atomic E-state index is 0.0839. The Morgan fingerprint density at radius 3 is 1.83 bits per heavy atom. The van der Waals surface area contributed by atoms with E-state index in [1.54, 1.807) is 29.6 Å². The first kappa shape index (κ1) is 22.1. The molecule has 0 saturated carbocycles. The summed E-state index contributed by atoms with van der Waals surface area (Å²) in [5, 5.41) is 3.96. The Bertz CT molecular complexity index is 860. The van der Waals surface area contributed by atoms with Crippen LogP contribution in [0.25, 0.3) is 0 Å². The van der Waals surface area contributed by atoms with Crippen LogP contribution >= 0.6 is 0 Å². The van der Waals surface area contributed by atoms with Gasteiger partial charge in [-0.15, -0.1) is 0 Å². The number of hydrogen-bond acceptors (Lipinski definition) is 3. The van der Waals surface area contributed by atoms with Gasteiger partial charge in [-0.2, -0.15) is 26.3 Å². The van der Waals surface area contributed by atoms with Crippen molar-refractivity contribution in [2.24, 2.45) is 0 Å². The maximum Gasteiger partial charge on any atom is 0.416 e. The fraction of sp³-hybridized carbons (Fsp3) is 0.222. The van der Waals surface area contributed by atoms with E-state index in [2.05, 4.69) is 5.32 Å². The molecule has 0 radical (unpaired) electrons. The van der Waals surface area contributed by atoms with Crippen LogP contribution < -0.4 is 15.4 Å². The van der Waals surface area contributed by atoms with E-state index in [9.17, 15) is 35.9 Å². The van der Waals surface area contributed by atoms with Gasteiger partial charge in [0.1, 0.15) is 5.75 Å². The average molecular weight is 420 g/mol. The molecule has 0 spiro atoms. The van der Waals surface area contributed by atoms with Crippen LogP contribution in [0.15, 0.2) is 42.5 Å². The lowest BCUT2D eigenvalue weighted by atomic mass is 10.1. The van der Waals surface area contributed by atoms with E-state index < -0.39 is 41.0 Å². The first-order valence-electron chi connectivity index (χ1n) is 7.92. The molecule has 156 valence electrons. The van der Waals surface area contributed by atoms with Crippen LogP contribution in [-0.4, -0.2) is 18.9 Å². The molecule has 0 unspecified atom stereocenters. The third-order valence-electron chi connectivity index (χ3n) is 3.66. The smallest absolute Gasteiger partial charge is 0.416 e. The summed E-state index contributed by atoms with van der Waals surface area (Å²) in [5.41, 5.74) is -3.44. The van der Waals surface area contributed by atoms with Gasteiger partial charge in [0, 0.05) is 12.2 Å². The first-order valence-corrected chi connectivity index (χ1v) is 7.92. The van der Waals surface area contributed by atoms with Crippen LogP contribution in [0.2, 0.25) is 0 Å². The molecule has 29 heavy (non-hydrogen) atoms. The van der Waals surface area contributed by atoms with Crippen molar-refractivity contribution >= 4 is 17.5 Å². The summed E-state index contributed by atoms with van der Waals surface area (Å²) in [7, 11) is 1.46. The molecule has 0 fully saturated rings. The lowest BCUT2D eigenvalue weighted by molar-refractivity contribution is -0.143. The van der Waals surface area contributed by atoms with E-state index in [0.29, 0.717) is 23.4 Å². The van der Waals surface area contributed by atoms with Gasteiger partial charge in [0.2, 0.25) is 0 Å². The molecule has 0 bridgehead atoms. The largest absolute Gasteiger partial charge is 0.497 e. The van der Waals surface area contributed by atoms with Gasteiger partial charge >= 0.3 is 24.2 Å². The second-order valence-electron chi connectivity index (χ2n) is 5.78. The molecule has 2 N–H and O–H groups in total. The van der Waals surface area contributed by atoms with Crippen molar-refractivity contribution in [1.29, 1.82) is 0 Å². The second-order valence-corrected chi connectivity index (χ2v) is 5.78. The Balaban J connectivity index is 2.10. The van der Waals surface area contributed by atoms with Gasteiger partial charge in [0.25, 0.3) is 0 Å². The number of halogens is 6. The van der Waals surface area contributed by atoms with E-state index >= 15 is 0 Å². The zero-order chi connectivity index (χ0) is 21.8. The van der Waals surface area contributed by atoms with Crippen molar-refractivity contribution in [2.45, 2.75) is 18.9 Å². The van der Waals surface area contributed by atoms with Crippen LogP contribution in [0.4, 0.5) is 32.0 Å². The minimum Gasteiger partial charge on any atom is -0.497 e. The maximum atomic E-state index is 12.8. The zero-order valence-electron chi connectivity index (χ0n) is 14.7. The molecule has 0 aliphatic rings. The number of hydrogen-bond donors (Lipinski definition) is 2. The predicted octanol–water partition coefficient (Wildman–Crippen LogP) is 3.99. The van der Waals surface area contributed by atoms with Crippen molar-refractivity contribution in [1.82, 2.24) is 5.32 Å². The van der Waals surface area contributed by atoms with Gasteiger partial charge in [0.05, 0.1) is 18.2 Å². The summed E-state index contributed by atoms with van der Waals surface area (Å²) >= 11 is 0. The van der Waals surface area contributed by atoms with Crippen LogP contribution in [0.3, 0.4) is 0 Å². The summed E-state index contributed by atoms with van der Waals surface area (Å²) in [6.07, 6.45) is -10.1. The first-order chi connectivity index (χ1) is 13.4. The van der Waals surface area contributed by atoms with Crippen LogP contribution in [0.5, 0.6) is 5.75 Å². The summed E-state index contributed by atoms with van der Waals surface area (Å²) in [4.78, 5) is 23.7. The van der Waals surface area contributed by atoms with Gasteiger partial charge in [-0.3, -0.25) is 9.59 Å². The molecule has 2 rings (SSSR count). The lowest BCUT2D eigenvalue weighted by Crippen LogP contribution is -2.35. The number of benzene rings is 2. The molecule has 5 nitrogen and oxygen atoms in total. The molecule has 2 aromatic rings. The molecule has 0 aliphatic carbocycles. The molecule has 0 saturated heterocycles. The normalized spacial score (nSPS) is 11.7. The molecule has 11 heteroatoms. The van der Waals surface area contributed by atoms with E-state index in [0.717, 1.165) is 0 Å². The molecule has 0 aromatic heterocycles. The van der Waals surface area contributed by atoms with Gasteiger partial charge < -0.3 is 15.4 Å². The fourth-order valence-electron chi connectivity index (χ4n) is 2.22. The van der Waals surface area contributed by atoms with Crippen molar-refractivity contribution < 1.29 is 40.7 Å². The molecular weight excluding hydrogens is 406 g/mol. The molecule has 0 atom stereocenters. The number of carbonyl (C=O) groups excluding carboxylic acids is 2. The lowest BCUT2D eigenvalue weighted by Gasteiger charge is -2.14. The van der Waals surface area contributed by atoms with Crippen molar-refractivity contribution in [3.05, 3.63) is 59.2 Å². The van der Waals surface area contributed by atoms with Crippen molar-refractivity contribution in [3.8, 4) is 5.75 Å². The van der Waals surface area contributed by atoms with Gasteiger partial charge in [-0.05, 0) is 35.9 Å². The van der Waals surface area contributed by atoms with E-state index in [4.69, 9.17) is 4.74 Å². The monoisotopic (exact) mass is 420 g/mol. The summed E-state index contributed by atoms with van der Waals surface area (Å²) in [6, 6.07) is 6.93. The quantitative estimate of drug-likeness (QED) is 0.581. The summed E-state index contributed by atoms with van der Waals surface area (Å²) in [5.74, 6) is -2.08. The highest BCUT2D eigenvalue weighted by molar-refractivity contribution is 6.39. The summed E-state index contributed by atoms with van der Waals surface area (Å²) in [6.45, 7) is -0.0906. The van der Waals surface area contributed by atoms with Gasteiger partial charge in [0.15, 0.2) is 0 Å². The molecule has 0 heterocycles. The number of methoxy groups -OCH3 is 1.